The van der Waals surface area contributed by atoms with Gasteiger partial charge in [0.15, 0.2) is 6.10 Å². The van der Waals surface area contributed by atoms with E-state index in [0.717, 1.165) is 96.3 Å². The molecule has 0 aliphatic heterocycles. The molecule has 432 valence electrons. The van der Waals surface area contributed by atoms with E-state index in [4.69, 9.17) is 14.2 Å². The summed E-state index contributed by atoms with van der Waals surface area (Å²) in [5.41, 5.74) is 0. The predicted octanol–water partition coefficient (Wildman–Crippen LogP) is 21.9. The highest BCUT2D eigenvalue weighted by Gasteiger charge is 2.19. The summed E-state index contributed by atoms with van der Waals surface area (Å²) < 4.78 is 16.9. The fourth-order valence-corrected chi connectivity index (χ4v) is 9.03. The van der Waals surface area contributed by atoms with Crippen molar-refractivity contribution in [3.05, 3.63) is 85.1 Å². The molecule has 1 unspecified atom stereocenters. The van der Waals surface area contributed by atoms with Crippen LogP contribution in [-0.4, -0.2) is 37.2 Å². The van der Waals surface area contributed by atoms with Crippen LogP contribution in [0, 0.1) is 0 Å². The van der Waals surface area contributed by atoms with Gasteiger partial charge in [0.1, 0.15) is 13.2 Å². The van der Waals surface area contributed by atoms with Crippen LogP contribution in [0.3, 0.4) is 0 Å². The first-order valence-corrected chi connectivity index (χ1v) is 32.1. The summed E-state index contributed by atoms with van der Waals surface area (Å²) >= 11 is 0. The van der Waals surface area contributed by atoms with E-state index < -0.39 is 6.10 Å². The van der Waals surface area contributed by atoms with Crippen LogP contribution >= 0.6 is 0 Å². The maximum atomic E-state index is 12.9. The number of esters is 3. The van der Waals surface area contributed by atoms with Crippen molar-refractivity contribution in [1.82, 2.24) is 0 Å². The van der Waals surface area contributed by atoms with Crippen LogP contribution in [0.5, 0.6) is 0 Å². The number of allylic oxidation sites excluding steroid dienone is 14. The highest BCUT2D eigenvalue weighted by molar-refractivity contribution is 5.71. The fourth-order valence-electron chi connectivity index (χ4n) is 9.03. The smallest absolute Gasteiger partial charge is 0.306 e. The summed E-state index contributed by atoms with van der Waals surface area (Å²) in [5.74, 6) is -0.883. The Balaban J connectivity index is 4.21. The molecule has 0 saturated carbocycles. The van der Waals surface area contributed by atoms with Crippen molar-refractivity contribution in [2.45, 2.75) is 322 Å². The molecule has 6 nitrogen and oxygen atoms in total. The highest BCUT2D eigenvalue weighted by atomic mass is 16.6. The number of hydrogen-bond donors (Lipinski definition) is 0. The lowest BCUT2D eigenvalue weighted by Crippen LogP contribution is -2.30. The van der Waals surface area contributed by atoms with Crippen molar-refractivity contribution in [3.63, 3.8) is 0 Å². The van der Waals surface area contributed by atoms with E-state index in [-0.39, 0.29) is 31.1 Å². The minimum Gasteiger partial charge on any atom is -0.462 e. The van der Waals surface area contributed by atoms with Crippen LogP contribution in [0.1, 0.15) is 316 Å². The van der Waals surface area contributed by atoms with Crippen molar-refractivity contribution in [1.29, 1.82) is 0 Å². The van der Waals surface area contributed by atoms with Crippen molar-refractivity contribution >= 4 is 17.9 Å². The summed E-state index contributed by atoms with van der Waals surface area (Å²) in [4.78, 5) is 38.2. The highest BCUT2D eigenvalue weighted by Crippen LogP contribution is 2.16. The number of hydrogen-bond acceptors (Lipinski definition) is 6. The van der Waals surface area contributed by atoms with Gasteiger partial charge in [-0.2, -0.15) is 0 Å². The molecule has 0 aromatic carbocycles. The Morgan fingerprint density at radius 2 is 0.533 bits per heavy atom. The molecule has 0 radical (unpaired) electrons. The number of ether oxygens (including phenoxy) is 3. The van der Waals surface area contributed by atoms with Gasteiger partial charge in [0.05, 0.1) is 0 Å². The molecular weight excluding hydrogens is 925 g/mol. The molecule has 0 amide bonds. The van der Waals surface area contributed by atoms with E-state index in [1.54, 1.807) is 0 Å². The quantitative estimate of drug-likeness (QED) is 0.0261. The second-order valence-corrected chi connectivity index (χ2v) is 21.3. The molecule has 0 aromatic rings. The van der Waals surface area contributed by atoms with Crippen LogP contribution in [0.4, 0.5) is 0 Å². The number of unbranched alkanes of at least 4 members (excludes halogenated alkanes) is 33. The molecule has 0 spiro atoms. The first kappa shape index (κ1) is 71.6. The Morgan fingerprint density at radius 3 is 0.867 bits per heavy atom. The van der Waals surface area contributed by atoms with E-state index in [1.165, 1.54) is 180 Å². The van der Waals surface area contributed by atoms with Crippen LogP contribution < -0.4 is 0 Å². The maximum Gasteiger partial charge on any atom is 0.306 e. The molecule has 0 aromatic heterocycles. The standard InChI is InChI=1S/C69H120O6/c1-4-7-10-13-16-19-22-24-26-28-29-30-31-32-33-34-35-36-37-38-39-41-42-44-47-50-53-56-59-62-68(71)74-65-66(64-73-67(70)61-58-55-52-49-46-21-18-15-12-9-6-3)75-69(72)63-60-57-54-51-48-45-43-40-27-25-23-20-17-14-11-8-5-2/h7,10,15-16,18-19,24-27,29-30,32-33,66H,4-6,8-9,11-14,17,20-23,28,31,34-65H2,1-3H3/b10-7-,18-15-,19-16-,26-24-,27-25-,30-29-,33-32-. The van der Waals surface area contributed by atoms with Crippen LogP contribution in [-0.2, 0) is 28.6 Å². The predicted molar refractivity (Wildman–Crippen MR) is 325 cm³/mol. The number of carbonyl (C=O) groups excluding carboxylic acids is 3. The van der Waals surface area contributed by atoms with Crippen molar-refractivity contribution in [2.24, 2.45) is 0 Å². The van der Waals surface area contributed by atoms with Crippen molar-refractivity contribution in [2.75, 3.05) is 13.2 Å². The van der Waals surface area contributed by atoms with Gasteiger partial charge in [0, 0.05) is 19.3 Å². The Hall–Kier alpha value is -3.41. The first-order chi connectivity index (χ1) is 37.0. The second kappa shape index (κ2) is 63.1. The third-order valence-corrected chi connectivity index (χ3v) is 13.9. The normalized spacial score (nSPS) is 12.6. The fraction of sp³-hybridized carbons (Fsp3) is 0.754. The Labute approximate surface area is 465 Å². The molecule has 0 aliphatic carbocycles. The molecule has 0 aliphatic rings. The molecule has 0 N–H and O–H groups in total. The van der Waals surface area contributed by atoms with Gasteiger partial charge < -0.3 is 14.2 Å². The van der Waals surface area contributed by atoms with Gasteiger partial charge in [0.2, 0.25) is 0 Å². The van der Waals surface area contributed by atoms with E-state index in [2.05, 4.69) is 106 Å². The summed E-state index contributed by atoms with van der Waals surface area (Å²) in [6.07, 6.45) is 83.1. The lowest BCUT2D eigenvalue weighted by atomic mass is 10.0. The first-order valence-electron chi connectivity index (χ1n) is 32.1. The summed E-state index contributed by atoms with van der Waals surface area (Å²) in [6.45, 7) is 6.50. The Kier molecular flexibility index (Phi) is 60.3. The molecule has 0 rings (SSSR count). The van der Waals surface area contributed by atoms with Gasteiger partial charge in [0.25, 0.3) is 0 Å². The van der Waals surface area contributed by atoms with Crippen LogP contribution in [0.15, 0.2) is 85.1 Å². The van der Waals surface area contributed by atoms with Crippen LogP contribution in [0.25, 0.3) is 0 Å². The molecule has 6 heteroatoms. The van der Waals surface area contributed by atoms with Gasteiger partial charge in [-0.15, -0.1) is 0 Å². The second-order valence-electron chi connectivity index (χ2n) is 21.3. The lowest BCUT2D eigenvalue weighted by Gasteiger charge is -2.18. The third kappa shape index (κ3) is 61.3. The topological polar surface area (TPSA) is 78.9 Å². The van der Waals surface area contributed by atoms with Gasteiger partial charge in [-0.3, -0.25) is 14.4 Å². The summed E-state index contributed by atoms with van der Waals surface area (Å²) in [7, 11) is 0. The monoisotopic (exact) mass is 1040 g/mol. The molecular formula is C69H120O6. The van der Waals surface area contributed by atoms with E-state index in [0.29, 0.717) is 19.3 Å². The maximum absolute atomic E-state index is 12.9. The minimum atomic E-state index is -0.782. The average molecular weight is 1050 g/mol. The zero-order valence-electron chi connectivity index (χ0n) is 49.6. The Morgan fingerprint density at radius 1 is 0.280 bits per heavy atom. The zero-order chi connectivity index (χ0) is 54.3. The summed E-state index contributed by atoms with van der Waals surface area (Å²) in [5, 5.41) is 0. The molecule has 75 heavy (non-hydrogen) atoms. The van der Waals surface area contributed by atoms with Gasteiger partial charge in [-0.05, 0) is 109 Å². The lowest BCUT2D eigenvalue weighted by molar-refractivity contribution is -0.167. The number of carbonyl (C=O) groups is 3. The molecule has 0 saturated heterocycles. The molecule has 0 bridgehead atoms. The molecule has 0 fully saturated rings. The van der Waals surface area contributed by atoms with E-state index >= 15 is 0 Å². The largest absolute Gasteiger partial charge is 0.462 e. The van der Waals surface area contributed by atoms with Gasteiger partial charge >= 0.3 is 17.9 Å². The summed E-state index contributed by atoms with van der Waals surface area (Å²) in [6, 6.07) is 0. The Bertz CT molecular complexity index is 1430. The van der Waals surface area contributed by atoms with E-state index in [1.807, 2.05) is 0 Å². The average Bonchev–Trinajstić information content (AvgIpc) is 3.41. The molecule has 1 atom stereocenters. The van der Waals surface area contributed by atoms with Gasteiger partial charge in [-0.1, -0.05) is 273 Å². The van der Waals surface area contributed by atoms with Gasteiger partial charge in [-0.25, -0.2) is 0 Å². The minimum absolute atomic E-state index is 0.0793. The van der Waals surface area contributed by atoms with Crippen molar-refractivity contribution < 1.29 is 28.6 Å². The van der Waals surface area contributed by atoms with Crippen LogP contribution in [0.2, 0.25) is 0 Å². The van der Waals surface area contributed by atoms with Crippen molar-refractivity contribution in [3.8, 4) is 0 Å². The SMILES string of the molecule is CC/C=C\C/C=C\C/C=C\C/C=C\C/C=C\CCCCCCCCCCCCCCCC(=O)OCC(COC(=O)CCCCCCC/C=C\CCCC)OC(=O)CCCCCCCCC/C=C\CCCCCCCC. The van der Waals surface area contributed by atoms with E-state index in [9.17, 15) is 14.4 Å². The molecule has 0 heterocycles. The zero-order valence-corrected chi connectivity index (χ0v) is 49.6. The third-order valence-electron chi connectivity index (χ3n) is 13.9. The number of rotatable bonds is 58.